The van der Waals surface area contributed by atoms with Gasteiger partial charge in [0.2, 0.25) is 0 Å². The number of nitrogens with two attached hydrogens (primary N) is 4. The van der Waals surface area contributed by atoms with Crippen LogP contribution >= 0.6 is 12.2 Å². The van der Waals surface area contributed by atoms with E-state index in [4.69, 9.17) is 35.2 Å². The molecule has 0 bridgehead atoms. The number of likely N-dealkylation sites (N-methyl/N-ethyl adjacent to an activating group) is 1. The van der Waals surface area contributed by atoms with Gasteiger partial charge < -0.3 is 28.3 Å². The summed E-state index contributed by atoms with van der Waals surface area (Å²) < 4.78 is 0. The Bertz CT molecular complexity index is 4900. The highest BCUT2D eigenvalue weighted by molar-refractivity contribution is 7.80. The first kappa shape index (κ1) is 75.5. The Morgan fingerprint density at radius 2 is 0.629 bits per heavy atom. The van der Waals surface area contributed by atoms with Crippen LogP contribution in [0.5, 0.6) is 0 Å². The van der Waals surface area contributed by atoms with Gasteiger partial charge >= 0.3 is 0 Å². The number of hydrogen-bond donors (Lipinski definition) is 5. The van der Waals surface area contributed by atoms with Crippen LogP contribution in [-0.2, 0) is 51.3 Å². The lowest BCUT2D eigenvalue weighted by molar-refractivity contribution is -0.121. The molecule has 15 rings (SSSR count). The van der Waals surface area contributed by atoms with Crippen LogP contribution in [0.3, 0.4) is 0 Å². The summed E-state index contributed by atoms with van der Waals surface area (Å²) in [5.74, 6) is 1.30. The average molecular weight is 1410 g/mol. The van der Waals surface area contributed by atoms with Gasteiger partial charge in [-0.3, -0.25) is 44.1 Å². The number of fused-ring (bicyclic) bond motifs is 5. The van der Waals surface area contributed by atoms with Gasteiger partial charge in [0.25, 0.3) is 0 Å². The quantitative estimate of drug-likeness (QED) is 0.0420. The Morgan fingerprint density at radius 3 is 0.962 bits per heavy atom. The Labute approximate surface area is 620 Å². The predicted octanol–water partition coefficient (Wildman–Crippen LogP) is 16.3. The van der Waals surface area contributed by atoms with E-state index in [-0.39, 0.29) is 47.3 Å². The number of hydrogen-bond acceptors (Lipinski definition) is 15. The molecule has 8 aromatic carbocycles. The minimum Gasteiger partial charge on any atom is -0.321 e. The molecule has 0 unspecified atom stereocenters. The fourth-order valence-electron chi connectivity index (χ4n) is 14.0. The molecule has 14 nitrogen and oxygen atoms in total. The van der Waals surface area contributed by atoms with Crippen LogP contribution in [0.15, 0.2) is 274 Å². The molecule has 5 aromatic heterocycles. The summed E-state index contributed by atoms with van der Waals surface area (Å²) in [6.45, 7) is 0. The van der Waals surface area contributed by atoms with Crippen LogP contribution in [0.25, 0.3) is 53.9 Å². The molecule has 0 saturated heterocycles. The van der Waals surface area contributed by atoms with Crippen molar-refractivity contribution in [3.8, 4) is 0 Å². The first-order valence-corrected chi connectivity index (χ1v) is 36.8. The van der Waals surface area contributed by atoms with Gasteiger partial charge in [-0.15, -0.1) is 0 Å². The second kappa shape index (κ2) is 38.2. The lowest BCUT2D eigenvalue weighted by Crippen LogP contribution is -2.40. The van der Waals surface area contributed by atoms with Gasteiger partial charge in [-0.1, -0.05) is 196 Å². The summed E-state index contributed by atoms with van der Waals surface area (Å²) in [5.41, 5.74) is 32.7. The van der Waals surface area contributed by atoms with Gasteiger partial charge in [0, 0.05) is 126 Å². The van der Waals surface area contributed by atoms with E-state index >= 15 is 0 Å². The highest BCUT2D eigenvalue weighted by atomic mass is 32.1. The zero-order valence-corrected chi connectivity index (χ0v) is 60.3. The van der Waals surface area contributed by atoms with Crippen LogP contribution in [0.1, 0.15) is 120 Å². The number of nitrogens with one attached hydrogen (secondary N) is 1. The Kier molecular flexibility index (Phi) is 27.5. The molecule has 2 aliphatic carbocycles. The zero-order valence-electron chi connectivity index (χ0n) is 59.5. The normalized spacial score (nSPS) is 14.3. The third-order valence-corrected chi connectivity index (χ3v) is 20.4. The number of aromatic nitrogens is 5. The smallest absolute Gasteiger partial charge is 0.158 e. The van der Waals surface area contributed by atoms with E-state index in [1.807, 2.05) is 226 Å². The number of nitrogens with zero attached hydrogens (tertiary/aromatic N) is 5. The molecule has 105 heavy (non-hydrogen) atoms. The van der Waals surface area contributed by atoms with Gasteiger partial charge in [0.05, 0.1) is 30.2 Å². The first-order chi connectivity index (χ1) is 51.2. The predicted molar refractivity (Wildman–Crippen MR) is 429 cm³/mol. The number of ketones is 4. The first-order valence-electron chi connectivity index (χ1n) is 36.3. The standard InChI is InChI=1S/C19H18N2O.C18H22N2O.C18H16N2O.C18H16N2S.C17H20N2O/c1-20-19(16-5-3-2-4-6-16)18(22)12-14-7-8-15-9-10-21-13-17(15)11-14;3*19-18(15-4-2-1-3-5-15)17(21)11-13-6-7-14-8-9-20-12-16(14)10-13;18-17(14-3-1-2-4-14)16(20)10-12-5-6-13-7-8-19-11-15(13)9-12/h2-11,13,19-20H,12H2,1H3;6-10,12,15,18H,1-5,11,19H2;2*1-10,12,18H,11,19H2;5-9,11,14,17H,1-4,10,18H2/t19-;3*18-;17-/m11101/s1. The molecule has 0 aliphatic heterocycles. The maximum Gasteiger partial charge on any atom is 0.158 e. The fraction of sp³-hybridized carbons (Fsp3) is 0.244. The summed E-state index contributed by atoms with van der Waals surface area (Å²) in [6, 6.07) is 68.1. The summed E-state index contributed by atoms with van der Waals surface area (Å²) in [5, 5.41) is 14.2. The number of thiocarbonyl (C=S) groups is 1. The molecule has 15 heteroatoms. The molecule has 532 valence electrons. The molecule has 0 radical (unpaired) electrons. The van der Waals surface area contributed by atoms with E-state index in [1.165, 1.54) is 43.1 Å². The second-order valence-electron chi connectivity index (χ2n) is 27.4. The summed E-state index contributed by atoms with van der Waals surface area (Å²) in [6.07, 6.45) is 31.0. The van der Waals surface area contributed by atoms with Crippen LogP contribution in [-0.4, -0.2) is 72.0 Å². The molecule has 0 amide bonds. The molecule has 5 atom stereocenters. The van der Waals surface area contributed by atoms with Crippen LogP contribution in [0.4, 0.5) is 0 Å². The number of Topliss-reactive ketones (excluding diaryl/α,β-unsaturated/α-hetero) is 4. The molecule has 13 aromatic rings. The van der Waals surface area contributed by atoms with Gasteiger partial charge in [0.1, 0.15) is 0 Å². The monoisotopic (exact) mass is 1410 g/mol. The van der Waals surface area contributed by atoms with E-state index in [9.17, 15) is 19.2 Å². The van der Waals surface area contributed by atoms with Crippen LogP contribution in [0, 0.1) is 11.8 Å². The van der Waals surface area contributed by atoms with Gasteiger partial charge in [-0.2, -0.15) is 0 Å². The largest absolute Gasteiger partial charge is 0.321 e. The Hall–Kier alpha value is -10.6. The average Bonchev–Trinajstić information content (AvgIpc) is 1.10. The van der Waals surface area contributed by atoms with Crippen molar-refractivity contribution in [1.82, 2.24) is 30.2 Å². The molecular weight excluding hydrogens is 1320 g/mol. The summed E-state index contributed by atoms with van der Waals surface area (Å²) in [7, 11) is 1.82. The van der Waals surface area contributed by atoms with Crippen molar-refractivity contribution >= 4 is 94.1 Å². The highest BCUT2D eigenvalue weighted by Crippen LogP contribution is 2.30. The van der Waals surface area contributed by atoms with Gasteiger partial charge in [0.15, 0.2) is 23.1 Å². The SMILES string of the molecule is CN[C@@H](C(=O)Cc1ccc2ccncc2c1)c1ccccc1.N[C@@H](C(=O)Cc1ccc2ccncc2c1)C1CCCC1.N[C@@H](C(=O)Cc1ccc2ccncc2c1)C1CCCCC1.N[C@@H](C(=O)Cc1ccc2ccncc2c1)c1ccccc1.N[C@H](C(=S)Cc1ccc2ccncc2c1)c1ccccc1. The van der Waals surface area contributed by atoms with Crippen molar-refractivity contribution in [3.05, 3.63) is 319 Å². The highest BCUT2D eigenvalue weighted by Gasteiger charge is 2.28. The topological polar surface area (TPSA) is 249 Å². The Balaban J connectivity index is 0.000000131. The summed E-state index contributed by atoms with van der Waals surface area (Å²) in [4.78, 5) is 71.1. The number of carbonyl (C=O) groups is 4. The van der Waals surface area contributed by atoms with Gasteiger partial charge in [-0.05, 0) is 177 Å². The lowest BCUT2D eigenvalue weighted by atomic mass is 9.81. The molecule has 2 aliphatic rings. The zero-order chi connectivity index (χ0) is 73.3. The number of pyridine rings is 5. The minimum atomic E-state index is -0.573. The number of benzene rings is 8. The molecule has 9 N–H and O–H groups in total. The van der Waals surface area contributed by atoms with Gasteiger partial charge in [-0.25, -0.2) is 0 Å². The van der Waals surface area contributed by atoms with Crippen molar-refractivity contribution in [2.24, 2.45) is 34.8 Å². The number of rotatable bonds is 21. The molecule has 2 saturated carbocycles. The maximum absolute atomic E-state index is 12.6. The van der Waals surface area contributed by atoms with Crippen molar-refractivity contribution in [2.45, 2.75) is 120 Å². The van der Waals surface area contributed by atoms with E-state index in [2.05, 4.69) is 48.4 Å². The Morgan fingerprint density at radius 1 is 0.343 bits per heavy atom. The van der Waals surface area contributed by atoms with E-state index in [1.54, 1.807) is 37.2 Å². The molecule has 5 heterocycles. The van der Waals surface area contributed by atoms with Crippen molar-refractivity contribution in [3.63, 3.8) is 0 Å². The van der Waals surface area contributed by atoms with E-state index in [0.717, 1.165) is 118 Å². The molecule has 0 spiro atoms. The molecule has 2 fully saturated rings. The summed E-state index contributed by atoms with van der Waals surface area (Å²) >= 11 is 5.52. The maximum atomic E-state index is 12.6. The minimum absolute atomic E-state index is 0.0180. The van der Waals surface area contributed by atoms with Crippen LogP contribution in [0.2, 0.25) is 0 Å². The van der Waals surface area contributed by atoms with Crippen molar-refractivity contribution < 1.29 is 19.2 Å². The fourth-order valence-corrected chi connectivity index (χ4v) is 14.3. The van der Waals surface area contributed by atoms with E-state index in [0.29, 0.717) is 43.9 Å². The van der Waals surface area contributed by atoms with E-state index < -0.39 is 6.04 Å². The second-order valence-corrected chi connectivity index (χ2v) is 27.9. The molecular formula is C90H92N10O4S. The van der Waals surface area contributed by atoms with Crippen LogP contribution < -0.4 is 28.3 Å². The number of carbonyl (C=O) groups excluding carboxylic acids is 4. The lowest BCUT2D eigenvalue weighted by Gasteiger charge is -2.26. The third-order valence-electron chi connectivity index (χ3n) is 20.0. The third kappa shape index (κ3) is 21.5. The van der Waals surface area contributed by atoms with Crippen molar-refractivity contribution in [1.29, 1.82) is 0 Å². The van der Waals surface area contributed by atoms with Crippen molar-refractivity contribution in [2.75, 3.05) is 7.05 Å².